The zero-order valence-electron chi connectivity index (χ0n) is 13.2. The van der Waals surface area contributed by atoms with Crippen LogP contribution in [-0.4, -0.2) is 35.2 Å². The first-order valence-electron chi connectivity index (χ1n) is 8.31. The fourth-order valence-electron chi connectivity index (χ4n) is 3.80. The first-order chi connectivity index (χ1) is 9.45. The molecule has 1 N–H and O–H groups in total. The summed E-state index contributed by atoms with van der Waals surface area (Å²) >= 11 is 0. The molecule has 0 aromatic heterocycles. The van der Waals surface area contributed by atoms with Gasteiger partial charge in [0.1, 0.15) is 0 Å². The first kappa shape index (κ1) is 15.8. The molecule has 1 heterocycles. The Morgan fingerprint density at radius 2 is 2.10 bits per heavy atom. The third-order valence-corrected chi connectivity index (χ3v) is 5.34. The maximum Gasteiger partial charge on any atom is 0.0700 e. The number of unbranched alkanes of at least 4 members (excludes halogenated alkanes) is 1. The number of aliphatic hydroxyl groups is 1. The molecule has 20 heavy (non-hydrogen) atoms. The van der Waals surface area contributed by atoms with Gasteiger partial charge in [0.2, 0.25) is 0 Å². The fraction of sp³-hybridized carbons (Fsp3) is 0.941. The Labute approximate surface area is 124 Å². The van der Waals surface area contributed by atoms with E-state index in [1.807, 2.05) is 13.8 Å². The van der Waals surface area contributed by atoms with Crippen molar-refractivity contribution >= 4 is 0 Å². The van der Waals surface area contributed by atoms with Crippen molar-refractivity contribution in [2.75, 3.05) is 19.6 Å². The van der Waals surface area contributed by atoms with Crippen molar-refractivity contribution in [2.24, 2.45) is 11.3 Å². The molecule has 2 unspecified atom stereocenters. The molecule has 3 heteroatoms. The fourth-order valence-corrected chi connectivity index (χ4v) is 3.80. The van der Waals surface area contributed by atoms with Crippen LogP contribution >= 0.6 is 0 Å². The van der Waals surface area contributed by atoms with Gasteiger partial charge < -0.3 is 10.0 Å². The minimum Gasteiger partial charge on any atom is -0.390 e. The predicted octanol–water partition coefficient (Wildman–Crippen LogP) is 3.33. The highest BCUT2D eigenvalue weighted by molar-refractivity contribution is 4.95. The lowest BCUT2D eigenvalue weighted by atomic mass is 9.71. The molecular formula is C17H30N2O. The van der Waals surface area contributed by atoms with Crippen molar-refractivity contribution < 1.29 is 5.11 Å². The van der Waals surface area contributed by atoms with E-state index in [4.69, 9.17) is 5.26 Å². The molecule has 0 radical (unpaired) electrons. The van der Waals surface area contributed by atoms with E-state index in [0.717, 1.165) is 45.3 Å². The van der Waals surface area contributed by atoms with Gasteiger partial charge in [-0.25, -0.2) is 0 Å². The molecule has 2 aliphatic rings. The van der Waals surface area contributed by atoms with Gasteiger partial charge in [-0.2, -0.15) is 5.26 Å². The van der Waals surface area contributed by atoms with Crippen LogP contribution in [0.2, 0.25) is 0 Å². The van der Waals surface area contributed by atoms with Gasteiger partial charge in [0.25, 0.3) is 0 Å². The topological polar surface area (TPSA) is 47.3 Å². The molecule has 0 aromatic rings. The van der Waals surface area contributed by atoms with E-state index in [-0.39, 0.29) is 11.0 Å². The molecule has 1 saturated heterocycles. The Balaban J connectivity index is 1.70. The summed E-state index contributed by atoms with van der Waals surface area (Å²) in [5.41, 5.74) is -0.525. The molecule has 0 amide bonds. The Kier molecular flexibility index (Phi) is 5.09. The summed E-state index contributed by atoms with van der Waals surface area (Å²) in [6.45, 7) is 7.31. The molecule has 114 valence electrons. The van der Waals surface area contributed by atoms with Crippen LogP contribution in [0.1, 0.15) is 65.2 Å². The molecule has 0 spiro atoms. The molecule has 1 saturated carbocycles. The van der Waals surface area contributed by atoms with Crippen LogP contribution < -0.4 is 0 Å². The normalized spacial score (nSPS) is 31.6. The minimum absolute atomic E-state index is 0.175. The van der Waals surface area contributed by atoms with Gasteiger partial charge in [-0.3, -0.25) is 0 Å². The number of nitriles is 1. The van der Waals surface area contributed by atoms with Gasteiger partial charge in [-0.05, 0) is 52.5 Å². The van der Waals surface area contributed by atoms with Gasteiger partial charge in [0.05, 0.1) is 17.1 Å². The molecule has 1 aliphatic heterocycles. The predicted molar refractivity (Wildman–Crippen MR) is 81.2 cm³/mol. The van der Waals surface area contributed by atoms with Crippen molar-refractivity contribution in [1.29, 1.82) is 5.26 Å². The maximum absolute atomic E-state index is 10.7. The lowest BCUT2D eigenvalue weighted by molar-refractivity contribution is -0.0953. The van der Waals surface area contributed by atoms with E-state index >= 15 is 0 Å². The Bertz CT molecular complexity index is 360. The third-order valence-electron chi connectivity index (χ3n) is 5.34. The average Bonchev–Trinajstić information content (AvgIpc) is 2.43. The van der Waals surface area contributed by atoms with Crippen molar-refractivity contribution in [3.8, 4) is 6.07 Å². The number of likely N-dealkylation sites (tertiary alicyclic amines) is 1. The quantitative estimate of drug-likeness (QED) is 0.785. The summed E-state index contributed by atoms with van der Waals surface area (Å²) in [6.07, 6.45) is 8.97. The number of piperidine rings is 1. The molecule has 2 rings (SSSR count). The summed E-state index contributed by atoms with van der Waals surface area (Å²) in [5.74, 6) is 0.501. The summed E-state index contributed by atoms with van der Waals surface area (Å²) in [4.78, 5) is 2.53. The Morgan fingerprint density at radius 1 is 1.30 bits per heavy atom. The highest BCUT2D eigenvalue weighted by atomic mass is 16.3. The minimum atomic E-state index is -0.350. The van der Waals surface area contributed by atoms with Crippen LogP contribution in [-0.2, 0) is 0 Å². The van der Waals surface area contributed by atoms with Gasteiger partial charge in [0.15, 0.2) is 0 Å². The molecule has 1 aliphatic carbocycles. The zero-order valence-corrected chi connectivity index (χ0v) is 13.2. The zero-order chi connectivity index (χ0) is 14.6. The van der Waals surface area contributed by atoms with Crippen LogP contribution in [0, 0.1) is 22.7 Å². The van der Waals surface area contributed by atoms with Crippen molar-refractivity contribution in [2.45, 2.75) is 70.8 Å². The monoisotopic (exact) mass is 278 g/mol. The summed E-state index contributed by atoms with van der Waals surface area (Å²) < 4.78 is 0. The van der Waals surface area contributed by atoms with Crippen molar-refractivity contribution in [1.82, 2.24) is 4.90 Å². The lowest BCUT2D eigenvalue weighted by Gasteiger charge is -2.47. The summed E-state index contributed by atoms with van der Waals surface area (Å²) in [5, 5.41) is 19.7. The van der Waals surface area contributed by atoms with Crippen LogP contribution in [0.25, 0.3) is 0 Å². The highest BCUT2D eigenvalue weighted by Gasteiger charge is 2.42. The molecule has 3 nitrogen and oxygen atoms in total. The maximum atomic E-state index is 10.7. The highest BCUT2D eigenvalue weighted by Crippen LogP contribution is 2.39. The SMILES string of the molecule is CC(C)(C#N)CCCCN1CCC2(O)CCCCC2C1. The van der Waals surface area contributed by atoms with Gasteiger partial charge in [-0.1, -0.05) is 19.3 Å². The lowest BCUT2D eigenvalue weighted by Crippen LogP contribution is -2.53. The number of nitrogens with zero attached hydrogens (tertiary/aromatic N) is 2. The number of hydrogen-bond donors (Lipinski definition) is 1. The van der Waals surface area contributed by atoms with Crippen LogP contribution in [0.5, 0.6) is 0 Å². The summed E-state index contributed by atoms with van der Waals surface area (Å²) in [6, 6.07) is 2.38. The van der Waals surface area contributed by atoms with E-state index < -0.39 is 0 Å². The van der Waals surface area contributed by atoms with Gasteiger partial charge in [-0.15, -0.1) is 0 Å². The van der Waals surface area contributed by atoms with Gasteiger partial charge >= 0.3 is 0 Å². The van der Waals surface area contributed by atoms with E-state index in [1.54, 1.807) is 0 Å². The molecular weight excluding hydrogens is 248 g/mol. The Hall–Kier alpha value is -0.590. The Morgan fingerprint density at radius 3 is 2.85 bits per heavy atom. The smallest absolute Gasteiger partial charge is 0.0700 e. The molecule has 0 bridgehead atoms. The van der Waals surface area contributed by atoms with Crippen LogP contribution in [0.4, 0.5) is 0 Å². The largest absolute Gasteiger partial charge is 0.390 e. The number of hydrogen-bond acceptors (Lipinski definition) is 3. The van der Waals surface area contributed by atoms with Crippen LogP contribution in [0.15, 0.2) is 0 Å². The van der Waals surface area contributed by atoms with Crippen molar-refractivity contribution in [3.63, 3.8) is 0 Å². The second-order valence-corrected chi connectivity index (χ2v) is 7.55. The average molecular weight is 278 g/mol. The van der Waals surface area contributed by atoms with E-state index in [1.165, 1.54) is 25.7 Å². The van der Waals surface area contributed by atoms with Crippen molar-refractivity contribution in [3.05, 3.63) is 0 Å². The third kappa shape index (κ3) is 3.96. The second kappa shape index (κ2) is 6.45. The molecule has 2 atom stereocenters. The van der Waals surface area contributed by atoms with E-state index in [2.05, 4.69) is 11.0 Å². The number of rotatable bonds is 5. The first-order valence-corrected chi connectivity index (χ1v) is 8.31. The van der Waals surface area contributed by atoms with Crippen LogP contribution in [0.3, 0.4) is 0 Å². The molecule has 0 aromatic carbocycles. The van der Waals surface area contributed by atoms with E-state index in [0.29, 0.717) is 5.92 Å². The molecule has 2 fully saturated rings. The van der Waals surface area contributed by atoms with E-state index in [9.17, 15) is 5.11 Å². The number of fused-ring (bicyclic) bond motifs is 1. The standard InChI is InChI=1S/C17H30N2O/c1-16(2,14-18)8-5-6-11-19-12-10-17(20)9-4-3-7-15(17)13-19/h15,20H,3-13H2,1-2H3. The van der Waals surface area contributed by atoms with Gasteiger partial charge in [0, 0.05) is 19.0 Å². The second-order valence-electron chi connectivity index (χ2n) is 7.55. The summed E-state index contributed by atoms with van der Waals surface area (Å²) in [7, 11) is 0.